The van der Waals surface area contributed by atoms with Gasteiger partial charge in [0.05, 0.1) is 19.1 Å². The van der Waals surface area contributed by atoms with Gasteiger partial charge >= 0.3 is 0 Å². The molecule has 0 bridgehead atoms. The first-order valence-corrected chi connectivity index (χ1v) is 7.21. The van der Waals surface area contributed by atoms with Crippen LogP contribution in [0.15, 0.2) is 30.3 Å². The van der Waals surface area contributed by atoms with Crippen molar-refractivity contribution in [2.45, 2.75) is 24.8 Å². The third kappa shape index (κ3) is 2.08. The van der Waals surface area contributed by atoms with Gasteiger partial charge < -0.3 is 4.90 Å². The number of aryl methyl sites for hydroxylation is 1. The van der Waals surface area contributed by atoms with Crippen LogP contribution < -0.4 is 0 Å². The SMILES string of the molecule is O=C(c1nc2n(n1)[C@H](c1ccccc1)CC2)N1CC(F)(F)C1. The van der Waals surface area contributed by atoms with Crippen LogP contribution >= 0.6 is 0 Å². The zero-order valence-electron chi connectivity index (χ0n) is 11.7. The molecule has 2 aromatic rings. The molecule has 0 N–H and O–H groups in total. The highest BCUT2D eigenvalue weighted by molar-refractivity contribution is 5.91. The first-order valence-electron chi connectivity index (χ1n) is 7.21. The van der Waals surface area contributed by atoms with Crippen molar-refractivity contribution in [3.63, 3.8) is 0 Å². The minimum atomic E-state index is -2.77. The van der Waals surface area contributed by atoms with Crippen molar-refractivity contribution in [3.8, 4) is 0 Å². The normalized spacial score (nSPS) is 22.3. The highest BCUT2D eigenvalue weighted by atomic mass is 19.3. The number of nitrogens with zero attached hydrogens (tertiary/aromatic N) is 4. The number of benzene rings is 1. The molecule has 114 valence electrons. The number of hydrogen-bond acceptors (Lipinski definition) is 3. The second kappa shape index (κ2) is 4.59. The number of fused-ring (bicyclic) bond motifs is 1. The summed E-state index contributed by atoms with van der Waals surface area (Å²) in [5, 5.41) is 4.27. The standard InChI is InChI=1S/C15H14F2N4O/c16-15(17)8-20(9-15)14(22)13-18-12-7-6-11(21(12)19-13)10-4-2-1-3-5-10/h1-5,11H,6-9H2/t11-/m0/s1. The largest absolute Gasteiger partial charge is 0.324 e. The lowest BCUT2D eigenvalue weighted by Crippen LogP contribution is -2.58. The van der Waals surface area contributed by atoms with E-state index < -0.39 is 24.9 Å². The Morgan fingerprint density at radius 1 is 1.23 bits per heavy atom. The third-order valence-electron chi connectivity index (χ3n) is 4.15. The van der Waals surface area contributed by atoms with Gasteiger partial charge in [0, 0.05) is 6.42 Å². The highest BCUT2D eigenvalue weighted by Gasteiger charge is 2.47. The number of likely N-dealkylation sites (tertiary alicyclic amines) is 1. The molecule has 4 rings (SSSR count). The molecule has 5 nitrogen and oxygen atoms in total. The number of aromatic nitrogens is 3. The van der Waals surface area contributed by atoms with Crippen LogP contribution in [0.2, 0.25) is 0 Å². The summed E-state index contributed by atoms with van der Waals surface area (Å²) in [6.07, 6.45) is 1.62. The van der Waals surface area contributed by atoms with Crippen molar-refractivity contribution in [1.29, 1.82) is 0 Å². The van der Waals surface area contributed by atoms with Crippen molar-refractivity contribution in [2.24, 2.45) is 0 Å². The summed E-state index contributed by atoms with van der Waals surface area (Å²) < 4.78 is 27.5. The number of carbonyl (C=O) groups excluding carboxylic acids is 1. The van der Waals surface area contributed by atoms with Gasteiger partial charge in [0.25, 0.3) is 11.8 Å². The van der Waals surface area contributed by atoms with Gasteiger partial charge in [0.2, 0.25) is 5.82 Å². The van der Waals surface area contributed by atoms with E-state index in [4.69, 9.17) is 0 Å². The lowest BCUT2D eigenvalue weighted by molar-refractivity contribution is -0.113. The predicted octanol–water partition coefficient (Wildman–Crippen LogP) is 1.90. The van der Waals surface area contributed by atoms with Gasteiger partial charge in [-0.1, -0.05) is 30.3 Å². The Labute approximate surface area is 125 Å². The van der Waals surface area contributed by atoms with Crippen LogP contribution in [0.25, 0.3) is 0 Å². The van der Waals surface area contributed by atoms with Crippen molar-refractivity contribution in [1.82, 2.24) is 19.7 Å². The van der Waals surface area contributed by atoms with Crippen molar-refractivity contribution in [3.05, 3.63) is 47.5 Å². The number of amides is 1. The van der Waals surface area contributed by atoms with E-state index in [9.17, 15) is 13.6 Å². The maximum Gasteiger partial charge on any atom is 0.293 e. The highest BCUT2D eigenvalue weighted by Crippen LogP contribution is 2.31. The molecule has 1 saturated heterocycles. The van der Waals surface area contributed by atoms with Gasteiger partial charge in [-0.3, -0.25) is 4.79 Å². The summed E-state index contributed by atoms with van der Waals surface area (Å²) in [5.74, 6) is -2.53. The molecule has 0 spiro atoms. The second-order valence-electron chi connectivity index (χ2n) is 5.78. The van der Waals surface area contributed by atoms with Gasteiger partial charge in [0.1, 0.15) is 5.82 Å². The molecule has 1 fully saturated rings. The van der Waals surface area contributed by atoms with E-state index in [2.05, 4.69) is 10.1 Å². The predicted molar refractivity (Wildman–Crippen MR) is 73.8 cm³/mol. The van der Waals surface area contributed by atoms with Gasteiger partial charge in [0.15, 0.2) is 0 Å². The van der Waals surface area contributed by atoms with E-state index in [0.717, 1.165) is 29.1 Å². The van der Waals surface area contributed by atoms with E-state index in [-0.39, 0.29) is 11.9 Å². The lowest BCUT2D eigenvalue weighted by Gasteiger charge is -2.37. The minimum absolute atomic E-state index is 0.0196. The average molecular weight is 304 g/mol. The fourth-order valence-electron chi connectivity index (χ4n) is 3.03. The molecule has 7 heteroatoms. The third-order valence-corrected chi connectivity index (χ3v) is 4.15. The van der Waals surface area contributed by atoms with Crippen LogP contribution in [0.4, 0.5) is 8.78 Å². The smallest absolute Gasteiger partial charge is 0.293 e. The van der Waals surface area contributed by atoms with Gasteiger partial charge in [-0.05, 0) is 12.0 Å². The minimum Gasteiger partial charge on any atom is -0.324 e. The Balaban J connectivity index is 1.58. The van der Waals surface area contributed by atoms with Gasteiger partial charge in [-0.15, -0.1) is 5.10 Å². The van der Waals surface area contributed by atoms with E-state index in [1.54, 1.807) is 4.68 Å². The Morgan fingerprint density at radius 3 is 2.64 bits per heavy atom. The van der Waals surface area contributed by atoms with Crippen molar-refractivity contribution < 1.29 is 13.6 Å². The zero-order valence-corrected chi connectivity index (χ0v) is 11.7. The molecular weight excluding hydrogens is 290 g/mol. The molecule has 1 aromatic carbocycles. The van der Waals surface area contributed by atoms with E-state index in [1.807, 2.05) is 30.3 Å². The maximum absolute atomic E-state index is 12.9. The van der Waals surface area contributed by atoms with Crippen LogP contribution in [0.5, 0.6) is 0 Å². The molecule has 0 unspecified atom stereocenters. The van der Waals surface area contributed by atoms with Crippen molar-refractivity contribution >= 4 is 5.91 Å². The fraction of sp³-hybridized carbons (Fsp3) is 0.400. The number of rotatable bonds is 2. The van der Waals surface area contributed by atoms with Crippen LogP contribution in [0.1, 0.15) is 34.5 Å². The topological polar surface area (TPSA) is 51.0 Å². The summed E-state index contributed by atoms with van der Waals surface area (Å²) in [6, 6.07) is 9.94. The summed E-state index contributed by atoms with van der Waals surface area (Å²) in [7, 11) is 0. The summed E-state index contributed by atoms with van der Waals surface area (Å²) >= 11 is 0. The van der Waals surface area contributed by atoms with Crippen LogP contribution in [0, 0.1) is 0 Å². The van der Waals surface area contributed by atoms with Crippen LogP contribution in [0.3, 0.4) is 0 Å². The van der Waals surface area contributed by atoms with E-state index in [1.165, 1.54) is 0 Å². The number of halogens is 2. The molecule has 0 aliphatic carbocycles. The first-order chi connectivity index (χ1) is 10.5. The van der Waals surface area contributed by atoms with Gasteiger partial charge in [-0.2, -0.15) is 0 Å². The molecule has 0 saturated carbocycles. The summed E-state index contributed by atoms with van der Waals surface area (Å²) in [6.45, 7) is -1.09. The molecule has 2 aliphatic rings. The second-order valence-corrected chi connectivity index (χ2v) is 5.78. The molecule has 22 heavy (non-hydrogen) atoms. The fourth-order valence-corrected chi connectivity index (χ4v) is 3.03. The maximum atomic E-state index is 12.9. The lowest BCUT2D eigenvalue weighted by atomic mass is 10.1. The molecule has 1 atom stereocenters. The number of alkyl halides is 2. The van der Waals surface area contributed by atoms with Crippen LogP contribution in [-0.2, 0) is 6.42 Å². The number of hydrogen-bond donors (Lipinski definition) is 0. The quantitative estimate of drug-likeness (QED) is 0.851. The summed E-state index contributed by atoms with van der Waals surface area (Å²) in [5.41, 5.74) is 1.11. The molecule has 2 aliphatic heterocycles. The molecule has 1 aromatic heterocycles. The van der Waals surface area contributed by atoms with Gasteiger partial charge in [-0.25, -0.2) is 18.4 Å². The first kappa shape index (κ1) is 13.4. The molecule has 3 heterocycles. The Morgan fingerprint density at radius 2 is 1.95 bits per heavy atom. The Kier molecular flexibility index (Phi) is 2.79. The summed E-state index contributed by atoms with van der Waals surface area (Å²) in [4.78, 5) is 17.4. The van der Waals surface area contributed by atoms with E-state index >= 15 is 0 Å². The zero-order chi connectivity index (χ0) is 15.3. The monoisotopic (exact) mass is 304 g/mol. The van der Waals surface area contributed by atoms with Crippen molar-refractivity contribution in [2.75, 3.05) is 13.1 Å². The molecule has 0 radical (unpaired) electrons. The average Bonchev–Trinajstić information content (AvgIpc) is 3.04. The Bertz CT molecular complexity index is 720. The van der Waals surface area contributed by atoms with Crippen LogP contribution in [-0.4, -0.2) is 44.6 Å². The Hall–Kier alpha value is -2.31. The number of carbonyl (C=O) groups is 1. The van der Waals surface area contributed by atoms with E-state index in [0.29, 0.717) is 0 Å². The molecular formula is C15H14F2N4O. The molecule has 1 amide bonds.